The van der Waals surface area contributed by atoms with Crippen LogP contribution in [0.2, 0.25) is 0 Å². The molecule has 9 heavy (non-hydrogen) atoms. The summed E-state index contributed by atoms with van der Waals surface area (Å²) in [4.78, 5) is 0. The molecule has 0 radical (unpaired) electrons. The third-order valence-corrected chi connectivity index (χ3v) is 2.42. The Kier molecular flexibility index (Phi) is 1.22. The molecular formula is C7H12FN. The normalized spacial score (nSPS) is 49.7. The maximum Gasteiger partial charge on any atom is 0.103 e. The number of alkyl halides is 1. The molecule has 2 rings (SSSR count). The molecule has 0 spiro atoms. The van der Waals surface area contributed by atoms with Gasteiger partial charge in [0.25, 0.3) is 0 Å². The van der Waals surface area contributed by atoms with Gasteiger partial charge in [-0.2, -0.15) is 0 Å². The maximum atomic E-state index is 12.7. The molecule has 0 aromatic carbocycles. The maximum absolute atomic E-state index is 12.7. The standard InChI is InChI=1S/C7H12FN/c8-5-3-6-1-2-7(4-5)9-6/h5-7,9H,1-4H2/t6-,7-/m1/s1. The fraction of sp³-hybridized carbons (Fsp3) is 1.00. The van der Waals surface area contributed by atoms with Crippen LogP contribution in [0.25, 0.3) is 0 Å². The molecule has 2 aliphatic heterocycles. The van der Waals surface area contributed by atoms with Crippen molar-refractivity contribution in [2.24, 2.45) is 0 Å². The van der Waals surface area contributed by atoms with Crippen molar-refractivity contribution in [3.05, 3.63) is 0 Å². The Balaban J connectivity index is 2.03. The minimum Gasteiger partial charge on any atom is -0.311 e. The number of rotatable bonds is 0. The summed E-state index contributed by atoms with van der Waals surface area (Å²) in [5.74, 6) is 0. The van der Waals surface area contributed by atoms with Crippen LogP contribution in [0.1, 0.15) is 25.7 Å². The molecule has 0 amide bonds. The Morgan fingerprint density at radius 2 is 1.67 bits per heavy atom. The van der Waals surface area contributed by atoms with E-state index < -0.39 is 6.17 Å². The molecule has 0 aliphatic carbocycles. The van der Waals surface area contributed by atoms with Crippen molar-refractivity contribution in [3.63, 3.8) is 0 Å². The molecule has 0 saturated carbocycles. The van der Waals surface area contributed by atoms with E-state index >= 15 is 0 Å². The zero-order chi connectivity index (χ0) is 6.27. The van der Waals surface area contributed by atoms with Crippen molar-refractivity contribution in [1.82, 2.24) is 5.32 Å². The van der Waals surface area contributed by atoms with Gasteiger partial charge in [-0.25, -0.2) is 4.39 Å². The van der Waals surface area contributed by atoms with E-state index in [0.717, 1.165) is 12.8 Å². The van der Waals surface area contributed by atoms with Crippen LogP contribution in [0.4, 0.5) is 4.39 Å². The first-order chi connectivity index (χ1) is 4.34. The lowest BCUT2D eigenvalue weighted by molar-refractivity contribution is 0.220. The molecule has 0 aromatic heterocycles. The highest BCUT2D eigenvalue weighted by Gasteiger charge is 2.32. The van der Waals surface area contributed by atoms with E-state index in [1.54, 1.807) is 0 Å². The quantitative estimate of drug-likeness (QED) is 0.519. The lowest BCUT2D eigenvalue weighted by Gasteiger charge is -2.23. The first-order valence-electron chi connectivity index (χ1n) is 3.75. The fourth-order valence-electron chi connectivity index (χ4n) is 1.99. The summed E-state index contributed by atoms with van der Waals surface area (Å²) in [5.41, 5.74) is 0. The summed E-state index contributed by atoms with van der Waals surface area (Å²) in [6.07, 6.45) is 3.41. The highest BCUT2D eigenvalue weighted by Crippen LogP contribution is 2.28. The van der Waals surface area contributed by atoms with Gasteiger partial charge in [0, 0.05) is 12.1 Å². The van der Waals surface area contributed by atoms with Gasteiger partial charge in [0.1, 0.15) is 6.17 Å². The molecule has 52 valence electrons. The van der Waals surface area contributed by atoms with E-state index in [2.05, 4.69) is 5.32 Å². The monoisotopic (exact) mass is 129 g/mol. The van der Waals surface area contributed by atoms with E-state index in [4.69, 9.17) is 0 Å². The molecule has 2 heteroatoms. The van der Waals surface area contributed by atoms with E-state index in [9.17, 15) is 4.39 Å². The largest absolute Gasteiger partial charge is 0.311 e. The molecule has 2 bridgehead atoms. The third kappa shape index (κ3) is 0.960. The Hall–Kier alpha value is -0.110. The zero-order valence-electron chi connectivity index (χ0n) is 5.44. The van der Waals surface area contributed by atoms with Crippen LogP contribution < -0.4 is 5.32 Å². The van der Waals surface area contributed by atoms with Gasteiger partial charge in [-0.05, 0) is 25.7 Å². The lowest BCUT2D eigenvalue weighted by Crippen LogP contribution is -2.38. The Morgan fingerprint density at radius 3 is 2.22 bits per heavy atom. The second-order valence-corrected chi connectivity index (χ2v) is 3.21. The number of halogens is 1. The SMILES string of the molecule is FC1C[C@H]2CC[C@H](C1)N2. The van der Waals surface area contributed by atoms with Crippen molar-refractivity contribution < 1.29 is 4.39 Å². The van der Waals surface area contributed by atoms with Crippen molar-refractivity contribution >= 4 is 0 Å². The predicted molar refractivity (Wildman–Crippen MR) is 34.1 cm³/mol. The van der Waals surface area contributed by atoms with Crippen LogP contribution in [0, 0.1) is 0 Å². The highest BCUT2D eigenvalue weighted by atomic mass is 19.1. The fourth-order valence-corrected chi connectivity index (χ4v) is 1.99. The van der Waals surface area contributed by atoms with Crippen LogP contribution in [-0.4, -0.2) is 18.3 Å². The molecule has 2 saturated heterocycles. The molecule has 2 atom stereocenters. The second kappa shape index (κ2) is 1.94. The molecule has 2 aliphatic rings. The summed E-state index contributed by atoms with van der Waals surface area (Å²) in [6.45, 7) is 0. The Labute approximate surface area is 54.6 Å². The first kappa shape index (κ1) is 5.66. The number of hydrogen-bond acceptors (Lipinski definition) is 1. The number of fused-ring (bicyclic) bond motifs is 2. The first-order valence-corrected chi connectivity index (χ1v) is 3.75. The predicted octanol–water partition coefficient (Wildman–Crippen LogP) is 1.24. The van der Waals surface area contributed by atoms with Gasteiger partial charge in [0.05, 0.1) is 0 Å². The molecule has 1 nitrogen and oxygen atoms in total. The summed E-state index contributed by atoms with van der Waals surface area (Å²) in [6, 6.07) is 1.03. The van der Waals surface area contributed by atoms with E-state index in [0.29, 0.717) is 12.1 Å². The van der Waals surface area contributed by atoms with Gasteiger partial charge < -0.3 is 5.32 Å². The van der Waals surface area contributed by atoms with Crippen molar-refractivity contribution in [2.75, 3.05) is 0 Å². The molecule has 0 aromatic rings. The van der Waals surface area contributed by atoms with Crippen LogP contribution in [0.15, 0.2) is 0 Å². The zero-order valence-corrected chi connectivity index (χ0v) is 5.44. The van der Waals surface area contributed by atoms with Crippen LogP contribution in [0.5, 0.6) is 0 Å². The minimum atomic E-state index is -0.510. The van der Waals surface area contributed by atoms with Gasteiger partial charge in [0.2, 0.25) is 0 Å². The molecule has 2 fully saturated rings. The Morgan fingerprint density at radius 1 is 1.11 bits per heavy atom. The van der Waals surface area contributed by atoms with Crippen molar-refractivity contribution in [3.8, 4) is 0 Å². The summed E-state index contributed by atoms with van der Waals surface area (Å²) >= 11 is 0. The van der Waals surface area contributed by atoms with Crippen LogP contribution in [0.3, 0.4) is 0 Å². The van der Waals surface area contributed by atoms with E-state index in [1.165, 1.54) is 12.8 Å². The van der Waals surface area contributed by atoms with E-state index in [1.807, 2.05) is 0 Å². The smallest absolute Gasteiger partial charge is 0.103 e. The Bertz CT molecular complexity index is 103. The van der Waals surface area contributed by atoms with Crippen LogP contribution in [-0.2, 0) is 0 Å². The topological polar surface area (TPSA) is 12.0 Å². The molecule has 1 N–H and O–H groups in total. The molecular weight excluding hydrogens is 117 g/mol. The molecule has 2 heterocycles. The number of hydrogen-bond donors (Lipinski definition) is 1. The number of piperidine rings is 1. The second-order valence-electron chi connectivity index (χ2n) is 3.21. The van der Waals surface area contributed by atoms with Gasteiger partial charge in [-0.1, -0.05) is 0 Å². The minimum absolute atomic E-state index is 0.510. The molecule has 0 unspecified atom stereocenters. The van der Waals surface area contributed by atoms with E-state index in [-0.39, 0.29) is 0 Å². The summed E-state index contributed by atoms with van der Waals surface area (Å²) in [7, 11) is 0. The third-order valence-electron chi connectivity index (χ3n) is 2.42. The average molecular weight is 129 g/mol. The van der Waals surface area contributed by atoms with Gasteiger partial charge >= 0.3 is 0 Å². The lowest BCUT2D eigenvalue weighted by atomic mass is 10.0. The van der Waals surface area contributed by atoms with Gasteiger partial charge in [0.15, 0.2) is 0 Å². The van der Waals surface area contributed by atoms with Gasteiger partial charge in [-0.15, -0.1) is 0 Å². The highest BCUT2D eigenvalue weighted by molar-refractivity contribution is 4.91. The summed E-state index contributed by atoms with van der Waals surface area (Å²) < 4.78 is 12.7. The number of nitrogens with one attached hydrogen (secondary N) is 1. The summed E-state index contributed by atoms with van der Waals surface area (Å²) in [5, 5.41) is 3.38. The van der Waals surface area contributed by atoms with Crippen molar-refractivity contribution in [1.29, 1.82) is 0 Å². The van der Waals surface area contributed by atoms with Crippen molar-refractivity contribution in [2.45, 2.75) is 43.9 Å². The van der Waals surface area contributed by atoms with Gasteiger partial charge in [-0.3, -0.25) is 0 Å². The van der Waals surface area contributed by atoms with Crippen LogP contribution >= 0.6 is 0 Å². The average Bonchev–Trinajstić information content (AvgIpc) is 2.11.